The van der Waals surface area contributed by atoms with E-state index in [0.29, 0.717) is 0 Å². The number of rotatable bonds is 0. The van der Waals surface area contributed by atoms with Gasteiger partial charge in [0, 0.05) is 0 Å². The molecule has 0 heterocycles. The summed E-state index contributed by atoms with van der Waals surface area (Å²) in [6.07, 6.45) is 11.9. The van der Waals surface area contributed by atoms with E-state index in [-0.39, 0.29) is 0 Å². The van der Waals surface area contributed by atoms with E-state index in [9.17, 15) is 0 Å². The summed E-state index contributed by atoms with van der Waals surface area (Å²) in [5.41, 5.74) is 5.06. The molecule has 6 unspecified atom stereocenters. The van der Waals surface area contributed by atoms with E-state index >= 15 is 0 Å². The lowest BCUT2D eigenvalue weighted by Crippen LogP contribution is -1.98. The zero-order valence-electron chi connectivity index (χ0n) is 8.60. The lowest BCUT2D eigenvalue weighted by atomic mass is 10.0. The Balaban J connectivity index is 1.56. The molecule has 7 fully saturated rings. The molecule has 0 aromatic rings. The molecule has 14 heavy (non-hydrogen) atoms. The minimum Gasteiger partial charge on any atom is -0.0464 e. The molecule has 0 heteroatoms. The second kappa shape index (κ2) is 1.01. The molecule has 7 saturated carbocycles. The number of hydrogen-bond donors (Lipinski definition) is 0. The molecule has 7 rings (SSSR count). The predicted octanol–water partition coefficient (Wildman–Crippen LogP) is 2.98. The fraction of sp³-hybridized carbons (Fsp3) is 1.00. The highest BCUT2D eigenvalue weighted by Crippen LogP contribution is 3.16. The first kappa shape index (κ1) is 5.92. The van der Waals surface area contributed by atoms with Crippen LogP contribution in [0.15, 0.2) is 0 Å². The second-order valence-electron chi connectivity index (χ2n) is 8.30. The van der Waals surface area contributed by atoms with Gasteiger partial charge in [0.25, 0.3) is 0 Å². The van der Waals surface area contributed by atoms with Gasteiger partial charge in [0.1, 0.15) is 0 Å². The van der Waals surface area contributed by atoms with E-state index in [1.54, 1.807) is 44.9 Å². The monoisotopic (exact) mass is 184 g/mol. The second-order valence-corrected chi connectivity index (χ2v) is 8.30. The Morgan fingerprint density at radius 1 is 0.643 bits per heavy atom. The van der Waals surface area contributed by atoms with Crippen LogP contribution in [0.25, 0.3) is 0 Å². The first-order valence-electron chi connectivity index (χ1n) is 6.75. The Labute approximate surface area is 84.4 Å². The lowest BCUT2D eigenvalue weighted by Gasteiger charge is -2.02. The van der Waals surface area contributed by atoms with Gasteiger partial charge < -0.3 is 0 Å². The maximum absolute atomic E-state index is 1.71. The average Bonchev–Trinajstić information content (AvgIpc) is 2.87. The van der Waals surface area contributed by atoms with Gasteiger partial charge in [-0.05, 0) is 83.9 Å². The van der Waals surface area contributed by atoms with Crippen molar-refractivity contribution in [2.45, 2.75) is 44.9 Å². The SMILES string of the molecule is C1C2CC23CC32CC23CC32CC23CC13. The van der Waals surface area contributed by atoms with Crippen molar-refractivity contribution in [3.8, 4) is 0 Å². The predicted molar refractivity (Wildman–Crippen MR) is 51.5 cm³/mol. The molecule has 7 aliphatic carbocycles. The fourth-order valence-electron chi connectivity index (χ4n) is 7.89. The van der Waals surface area contributed by atoms with Crippen molar-refractivity contribution in [2.75, 3.05) is 0 Å². The zero-order chi connectivity index (χ0) is 8.60. The Morgan fingerprint density at radius 3 is 1.79 bits per heavy atom. The van der Waals surface area contributed by atoms with Crippen LogP contribution >= 0.6 is 0 Å². The third kappa shape index (κ3) is 0.265. The average molecular weight is 184 g/mol. The van der Waals surface area contributed by atoms with Crippen molar-refractivity contribution in [1.82, 2.24) is 0 Å². The molecule has 0 aliphatic heterocycles. The van der Waals surface area contributed by atoms with Gasteiger partial charge in [-0.1, -0.05) is 0 Å². The van der Waals surface area contributed by atoms with Crippen LogP contribution in [0, 0.1) is 38.9 Å². The Bertz CT molecular complexity index is 423. The summed E-state index contributed by atoms with van der Waals surface area (Å²) in [7, 11) is 0. The molecule has 0 aromatic heterocycles. The van der Waals surface area contributed by atoms with Gasteiger partial charge in [-0.2, -0.15) is 0 Å². The summed E-state index contributed by atoms with van der Waals surface area (Å²) >= 11 is 0. The summed E-state index contributed by atoms with van der Waals surface area (Å²) in [6, 6.07) is 0. The van der Waals surface area contributed by atoms with Crippen LogP contribution in [-0.2, 0) is 0 Å². The minimum absolute atomic E-state index is 1.01. The summed E-state index contributed by atoms with van der Waals surface area (Å²) < 4.78 is 0. The van der Waals surface area contributed by atoms with Crippen LogP contribution < -0.4 is 0 Å². The molecular formula is C14H16. The van der Waals surface area contributed by atoms with Crippen molar-refractivity contribution in [3.63, 3.8) is 0 Å². The van der Waals surface area contributed by atoms with Gasteiger partial charge in [0.05, 0.1) is 0 Å². The zero-order valence-corrected chi connectivity index (χ0v) is 8.60. The van der Waals surface area contributed by atoms with Crippen LogP contribution in [0.5, 0.6) is 0 Å². The Kier molecular flexibility index (Phi) is 0.428. The molecule has 0 amide bonds. The normalized spacial score (nSPS) is 96.0. The van der Waals surface area contributed by atoms with Crippen molar-refractivity contribution >= 4 is 0 Å². The first-order chi connectivity index (χ1) is 6.75. The van der Waals surface area contributed by atoms with E-state index in [2.05, 4.69) is 0 Å². The van der Waals surface area contributed by atoms with Gasteiger partial charge in [0.2, 0.25) is 0 Å². The van der Waals surface area contributed by atoms with E-state index in [1.807, 2.05) is 0 Å². The standard InChI is InChI=1S/C14H16/c1-8-2-10(8)4-12(10)6-14(12)7-13(14)5-11(13)3-9(1)11/h8-9H,1-7H2. The molecule has 72 valence electrons. The van der Waals surface area contributed by atoms with Gasteiger partial charge in [-0.15, -0.1) is 0 Å². The Hall–Kier alpha value is 0. The third-order valence-corrected chi connectivity index (χ3v) is 8.71. The van der Waals surface area contributed by atoms with E-state index in [0.717, 1.165) is 27.1 Å². The summed E-state index contributed by atoms with van der Waals surface area (Å²) in [5.74, 6) is 2.48. The topological polar surface area (TPSA) is 0 Å². The van der Waals surface area contributed by atoms with Crippen LogP contribution in [0.2, 0.25) is 0 Å². The quantitative estimate of drug-likeness (QED) is 0.543. The fourth-order valence-corrected chi connectivity index (χ4v) is 7.89. The molecule has 0 bridgehead atoms. The molecule has 0 aromatic carbocycles. The van der Waals surface area contributed by atoms with Crippen LogP contribution in [0.4, 0.5) is 0 Å². The molecular weight excluding hydrogens is 168 g/mol. The molecule has 0 radical (unpaired) electrons. The largest absolute Gasteiger partial charge is 0.0464 e. The van der Waals surface area contributed by atoms with E-state index in [4.69, 9.17) is 0 Å². The van der Waals surface area contributed by atoms with Crippen LogP contribution in [0.1, 0.15) is 44.9 Å². The van der Waals surface area contributed by atoms with E-state index < -0.39 is 0 Å². The first-order valence-corrected chi connectivity index (χ1v) is 6.75. The highest BCUT2D eigenvalue weighted by molar-refractivity contribution is 5.57. The molecule has 6 atom stereocenters. The van der Waals surface area contributed by atoms with Gasteiger partial charge in [0.15, 0.2) is 0 Å². The summed E-state index contributed by atoms with van der Waals surface area (Å²) in [5, 5.41) is 0. The highest BCUT2D eigenvalue weighted by atomic mass is 15.1. The van der Waals surface area contributed by atoms with Crippen molar-refractivity contribution in [2.24, 2.45) is 38.9 Å². The lowest BCUT2D eigenvalue weighted by molar-refractivity contribution is 0.442. The summed E-state index contributed by atoms with van der Waals surface area (Å²) in [6.45, 7) is 0. The van der Waals surface area contributed by atoms with Crippen LogP contribution in [0.3, 0.4) is 0 Å². The molecule has 0 nitrogen and oxygen atoms in total. The van der Waals surface area contributed by atoms with Gasteiger partial charge >= 0.3 is 0 Å². The Morgan fingerprint density at radius 2 is 1.21 bits per heavy atom. The number of hydrogen-bond acceptors (Lipinski definition) is 0. The van der Waals surface area contributed by atoms with Crippen molar-refractivity contribution in [3.05, 3.63) is 0 Å². The molecule has 0 N–H and O–H groups in total. The van der Waals surface area contributed by atoms with E-state index in [1.165, 1.54) is 11.8 Å². The summed E-state index contributed by atoms with van der Waals surface area (Å²) in [4.78, 5) is 0. The molecule has 7 aliphatic rings. The van der Waals surface area contributed by atoms with Gasteiger partial charge in [-0.3, -0.25) is 0 Å². The van der Waals surface area contributed by atoms with Crippen molar-refractivity contribution in [1.29, 1.82) is 0 Å². The minimum atomic E-state index is 1.01. The maximum atomic E-state index is 1.71. The van der Waals surface area contributed by atoms with Gasteiger partial charge in [-0.25, -0.2) is 0 Å². The molecule has 0 saturated heterocycles. The van der Waals surface area contributed by atoms with Crippen LogP contribution in [-0.4, -0.2) is 0 Å². The van der Waals surface area contributed by atoms with Crippen molar-refractivity contribution < 1.29 is 0 Å². The third-order valence-electron chi connectivity index (χ3n) is 8.71. The smallest absolute Gasteiger partial charge is 0.0161 e. The molecule has 5 spiro atoms. The highest BCUT2D eigenvalue weighted by Gasteiger charge is 3.09. The maximum Gasteiger partial charge on any atom is -0.0161 e.